The van der Waals surface area contributed by atoms with Crippen molar-refractivity contribution in [3.63, 3.8) is 0 Å². The van der Waals surface area contributed by atoms with E-state index in [1.54, 1.807) is 6.92 Å². The molecule has 0 amide bonds. The van der Waals surface area contributed by atoms with Gasteiger partial charge in [0.25, 0.3) is 0 Å². The zero-order valence-electron chi connectivity index (χ0n) is 11.4. The van der Waals surface area contributed by atoms with E-state index in [9.17, 15) is 8.42 Å². The molecule has 0 aliphatic carbocycles. The lowest BCUT2D eigenvalue weighted by Gasteiger charge is -2.35. The van der Waals surface area contributed by atoms with E-state index in [1.165, 1.54) is 10.4 Å². The molecule has 2 atom stereocenters. The van der Waals surface area contributed by atoms with Crippen LogP contribution in [-0.2, 0) is 21.3 Å². The van der Waals surface area contributed by atoms with E-state index in [-0.39, 0.29) is 23.6 Å². The van der Waals surface area contributed by atoms with Crippen LogP contribution in [0.4, 0.5) is 0 Å². The van der Waals surface area contributed by atoms with Gasteiger partial charge in [-0.25, -0.2) is 8.42 Å². The lowest BCUT2D eigenvalue weighted by atomic mass is 10.2. The Morgan fingerprint density at radius 3 is 2.74 bits per heavy atom. The summed E-state index contributed by atoms with van der Waals surface area (Å²) in [4.78, 5) is 0.203. The van der Waals surface area contributed by atoms with Gasteiger partial charge < -0.3 is 14.9 Å². The average Bonchev–Trinajstić information content (AvgIpc) is 2.74. The van der Waals surface area contributed by atoms with Gasteiger partial charge in [0, 0.05) is 18.7 Å². The standard InChI is InChI=1S/C12H20N2O4S/c1-8-7-17-9(2)6-14(8)19(15,16)12-4-11(5-13)18-10(12)3/h4,8-9H,5-7,13H2,1-3H3. The summed E-state index contributed by atoms with van der Waals surface area (Å²) in [6.45, 7) is 6.28. The molecule has 0 aromatic carbocycles. The normalized spacial score (nSPS) is 25.7. The van der Waals surface area contributed by atoms with Gasteiger partial charge in [-0.3, -0.25) is 0 Å². The van der Waals surface area contributed by atoms with Crippen molar-refractivity contribution in [2.75, 3.05) is 13.2 Å². The van der Waals surface area contributed by atoms with Gasteiger partial charge in [-0.15, -0.1) is 0 Å². The third-order valence-corrected chi connectivity index (χ3v) is 5.35. The molecule has 1 aromatic rings. The number of ether oxygens (including phenoxy) is 1. The third-order valence-electron chi connectivity index (χ3n) is 3.26. The molecule has 1 fully saturated rings. The number of nitrogens with zero attached hydrogens (tertiary/aromatic N) is 1. The van der Waals surface area contributed by atoms with Crippen molar-refractivity contribution in [1.82, 2.24) is 4.31 Å². The molecule has 1 saturated heterocycles. The third kappa shape index (κ3) is 2.69. The first-order valence-electron chi connectivity index (χ1n) is 6.29. The molecular formula is C12H20N2O4S. The summed E-state index contributed by atoms with van der Waals surface area (Å²) in [7, 11) is -3.56. The number of nitrogens with two attached hydrogens (primary N) is 1. The lowest BCUT2D eigenvalue weighted by Crippen LogP contribution is -2.50. The number of hydrogen-bond donors (Lipinski definition) is 1. The van der Waals surface area contributed by atoms with E-state index in [4.69, 9.17) is 14.9 Å². The minimum absolute atomic E-state index is 0.104. The molecule has 2 heterocycles. The SMILES string of the molecule is Cc1oc(CN)cc1S(=O)(=O)N1CC(C)OCC1C. The molecule has 1 aliphatic heterocycles. The molecule has 19 heavy (non-hydrogen) atoms. The zero-order valence-corrected chi connectivity index (χ0v) is 12.2. The monoisotopic (exact) mass is 288 g/mol. The predicted octanol–water partition coefficient (Wildman–Crippen LogP) is 0.845. The molecule has 7 heteroatoms. The van der Waals surface area contributed by atoms with Crippen LogP contribution in [0.15, 0.2) is 15.4 Å². The first-order valence-corrected chi connectivity index (χ1v) is 7.73. The fourth-order valence-electron chi connectivity index (χ4n) is 2.21. The van der Waals surface area contributed by atoms with Crippen molar-refractivity contribution >= 4 is 10.0 Å². The van der Waals surface area contributed by atoms with Crippen molar-refractivity contribution in [2.24, 2.45) is 5.73 Å². The van der Waals surface area contributed by atoms with Crippen LogP contribution in [0.25, 0.3) is 0 Å². The Bertz CT molecular complexity index is 552. The average molecular weight is 288 g/mol. The first kappa shape index (κ1) is 14.5. The maximum Gasteiger partial charge on any atom is 0.246 e. The fraction of sp³-hybridized carbons (Fsp3) is 0.667. The van der Waals surface area contributed by atoms with Gasteiger partial charge in [0.1, 0.15) is 16.4 Å². The van der Waals surface area contributed by atoms with E-state index in [2.05, 4.69) is 0 Å². The minimum Gasteiger partial charge on any atom is -0.464 e. The van der Waals surface area contributed by atoms with Crippen molar-refractivity contribution < 1.29 is 17.6 Å². The van der Waals surface area contributed by atoms with Crippen LogP contribution in [0, 0.1) is 6.92 Å². The molecule has 2 rings (SSSR count). The van der Waals surface area contributed by atoms with Crippen molar-refractivity contribution in [2.45, 2.75) is 44.4 Å². The molecule has 2 unspecified atom stereocenters. The second kappa shape index (κ2) is 5.24. The van der Waals surface area contributed by atoms with Gasteiger partial charge in [0.05, 0.1) is 19.3 Å². The Morgan fingerprint density at radius 1 is 1.47 bits per heavy atom. The smallest absolute Gasteiger partial charge is 0.246 e. The van der Waals surface area contributed by atoms with Gasteiger partial charge in [-0.2, -0.15) is 4.31 Å². The number of hydrogen-bond acceptors (Lipinski definition) is 5. The molecular weight excluding hydrogens is 268 g/mol. The summed E-state index contributed by atoms with van der Waals surface area (Å²) in [5, 5.41) is 0. The molecule has 0 radical (unpaired) electrons. The topological polar surface area (TPSA) is 85.8 Å². The summed E-state index contributed by atoms with van der Waals surface area (Å²) in [5.41, 5.74) is 5.48. The second-order valence-electron chi connectivity index (χ2n) is 4.90. The molecule has 2 N–H and O–H groups in total. The van der Waals surface area contributed by atoms with Crippen LogP contribution in [0.1, 0.15) is 25.4 Å². The maximum atomic E-state index is 12.7. The molecule has 1 aromatic heterocycles. The largest absolute Gasteiger partial charge is 0.464 e. The summed E-state index contributed by atoms with van der Waals surface area (Å²) < 4.78 is 37.6. The molecule has 6 nitrogen and oxygen atoms in total. The first-order chi connectivity index (χ1) is 8.86. The number of rotatable bonds is 3. The highest BCUT2D eigenvalue weighted by molar-refractivity contribution is 7.89. The van der Waals surface area contributed by atoms with Crippen LogP contribution < -0.4 is 5.73 Å². The van der Waals surface area contributed by atoms with E-state index in [0.29, 0.717) is 24.7 Å². The lowest BCUT2D eigenvalue weighted by molar-refractivity contribution is -0.0170. The summed E-state index contributed by atoms with van der Waals surface area (Å²) in [6, 6.07) is 1.33. The quantitative estimate of drug-likeness (QED) is 0.891. The minimum atomic E-state index is -3.56. The number of aryl methyl sites for hydroxylation is 1. The second-order valence-corrected chi connectivity index (χ2v) is 6.76. The summed E-state index contributed by atoms with van der Waals surface area (Å²) in [6.07, 6.45) is -0.104. The van der Waals surface area contributed by atoms with Gasteiger partial charge in [-0.05, 0) is 20.8 Å². The highest BCUT2D eigenvalue weighted by Gasteiger charge is 2.36. The molecule has 1 aliphatic rings. The Hall–Kier alpha value is -0.890. The Balaban J connectivity index is 2.37. The van der Waals surface area contributed by atoms with Crippen LogP contribution in [0.3, 0.4) is 0 Å². The van der Waals surface area contributed by atoms with Crippen molar-refractivity contribution in [3.8, 4) is 0 Å². The van der Waals surface area contributed by atoms with Crippen LogP contribution in [0.5, 0.6) is 0 Å². The van der Waals surface area contributed by atoms with Crippen LogP contribution in [0.2, 0.25) is 0 Å². The maximum absolute atomic E-state index is 12.7. The summed E-state index contributed by atoms with van der Waals surface area (Å²) in [5.74, 6) is 0.858. The highest BCUT2D eigenvalue weighted by atomic mass is 32.2. The number of sulfonamides is 1. The predicted molar refractivity (Wildman–Crippen MR) is 70.1 cm³/mol. The Labute approximate surface area is 113 Å². The fourth-order valence-corrected chi connectivity index (χ4v) is 4.09. The highest BCUT2D eigenvalue weighted by Crippen LogP contribution is 2.27. The van der Waals surface area contributed by atoms with Crippen LogP contribution in [-0.4, -0.2) is 38.0 Å². The van der Waals surface area contributed by atoms with Gasteiger partial charge in [0.15, 0.2) is 0 Å². The van der Waals surface area contributed by atoms with Gasteiger partial charge >= 0.3 is 0 Å². The molecule has 0 bridgehead atoms. The zero-order chi connectivity index (χ0) is 14.2. The molecule has 108 valence electrons. The van der Waals surface area contributed by atoms with Crippen molar-refractivity contribution in [3.05, 3.63) is 17.6 Å². The Morgan fingerprint density at radius 2 is 2.16 bits per heavy atom. The number of furan rings is 1. The van der Waals surface area contributed by atoms with E-state index in [1.807, 2.05) is 13.8 Å². The van der Waals surface area contributed by atoms with Crippen molar-refractivity contribution in [1.29, 1.82) is 0 Å². The van der Waals surface area contributed by atoms with E-state index >= 15 is 0 Å². The van der Waals surface area contributed by atoms with Crippen LogP contribution >= 0.6 is 0 Å². The van der Waals surface area contributed by atoms with Gasteiger partial charge in [0.2, 0.25) is 10.0 Å². The Kier molecular flexibility index (Phi) is 4.00. The van der Waals surface area contributed by atoms with E-state index in [0.717, 1.165) is 0 Å². The molecule has 0 saturated carbocycles. The number of morpholine rings is 1. The summed E-state index contributed by atoms with van der Waals surface area (Å²) >= 11 is 0. The van der Waals surface area contributed by atoms with Gasteiger partial charge in [-0.1, -0.05) is 0 Å². The van der Waals surface area contributed by atoms with E-state index < -0.39 is 10.0 Å². The molecule has 0 spiro atoms.